The molecular formula is C14H18BrNO2. The van der Waals surface area contributed by atoms with Crippen molar-refractivity contribution in [3.05, 3.63) is 27.7 Å². The van der Waals surface area contributed by atoms with Crippen LogP contribution in [0.5, 0.6) is 0 Å². The molecule has 1 aliphatic heterocycles. The van der Waals surface area contributed by atoms with Crippen molar-refractivity contribution < 1.29 is 9.53 Å². The first-order valence-corrected chi connectivity index (χ1v) is 6.87. The molecule has 0 saturated carbocycles. The Kier molecular flexibility index (Phi) is 3.41. The Hall–Kier alpha value is -1.03. The Morgan fingerprint density at radius 2 is 2.06 bits per heavy atom. The van der Waals surface area contributed by atoms with Crippen LogP contribution in [0.25, 0.3) is 0 Å². The molecule has 0 atom stereocenters. The second-order valence-electron chi connectivity index (χ2n) is 5.59. The molecule has 1 amide bonds. The fourth-order valence-corrected chi connectivity index (χ4v) is 2.64. The third kappa shape index (κ3) is 2.53. The average molecular weight is 312 g/mol. The molecule has 3 nitrogen and oxygen atoms in total. The van der Waals surface area contributed by atoms with Crippen LogP contribution >= 0.6 is 15.9 Å². The summed E-state index contributed by atoms with van der Waals surface area (Å²) in [7, 11) is 0. The van der Waals surface area contributed by atoms with Crippen molar-refractivity contribution in [3.63, 3.8) is 0 Å². The Balaban J connectivity index is 2.31. The number of carbonyl (C=O) groups is 1. The molecule has 0 aromatic heterocycles. The molecule has 0 bridgehead atoms. The third-order valence-electron chi connectivity index (χ3n) is 2.88. The van der Waals surface area contributed by atoms with Gasteiger partial charge in [-0.05, 0) is 61.2 Å². The lowest BCUT2D eigenvalue weighted by atomic mass is 10.1. The summed E-state index contributed by atoms with van der Waals surface area (Å²) in [5.74, 6) is 0. The molecule has 0 saturated heterocycles. The van der Waals surface area contributed by atoms with Gasteiger partial charge in [0.25, 0.3) is 0 Å². The number of fused-ring (bicyclic) bond motifs is 1. The summed E-state index contributed by atoms with van der Waals surface area (Å²) in [5, 5.41) is 0. The lowest BCUT2D eigenvalue weighted by Gasteiger charge is -2.25. The summed E-state index contributed by atoms with van der Waals surface area (Å²) >= 11 is 3.57. The SMILES string of the molecule is Cc1ccc2c(c1Br)N(C(=O)OC(C)(C)C)CC2. The van der Waals surface area contributed by atoms with Gasteiger partial charge >= 0.3 is 6.09 Å². The highest BCUT2D eigenvalue weighted by Gasteiger charge is 2.30. The molecule has 1 aromatic carbocycles. The molecule has 4 heteroatoms. The number of aryl methyl sites for hydroxylation is 1. The van der Waals surface area contributed by atoms with Crippen molar-refractivity contribution in [1.82, 2.24) is 0 Å². The van der Waals surface area contributed by atoms with Crippen LogP contribution in [-0.4, -0.2) is 18.2 Å². The molecule has 1 heterocycles. The second kappa shape index (κ2) is 4.57. The maximum Gasteiger partial charge on any atom is 0.414 e. The summed E-state index contributed by atoms with van der Waals surface area (Å²) in [5.41, 5.74) is 2.82. The van der Waals surface area contributed by atoms with E-state index in [1.54, 1.807) is 4.90 Å². The molecule has 0 radical (unpaired) electrons. The highest BCUT2D eigenvalue weighted by molar-refractivity contribution is 9.10. The fraction of sp³-hybridized carbons (Fsp3) is 0.500. The predicted octanol–water partition coefficient (Wildman–Crippen LogP) is 4.06. The number of rotatable bonds is 0. The van der Waals surface area contributed by atoms with Gasteiger partial charge in [-0.25, -0.2) is 4.79 Å². The van der Waals surface area contributed by atoms with Crippen LogP contribution in [0.15, 0.2) is 16.6 Å². The Labute approximate surface area is 116 Å². The number of hydrogen-bond acceptors (Lipinski definition) is 2. The highest BCUT2D eigenvalue weighted by Crippen LogP contribution is 2.38. The van der Waals surface area contributed by atoms with E-state index in [1.165, 1.54) is 5.56 Å². The molecule has 2 rings (SSSR count). The second-order valence-corrected chi connectivity index (χ2v) is 6.38. The first-order valence-electron chi connectivity index (χ1n) is 6.08. The minimum absolute atomic E-state index is 0.271. The number of benzene rings is 1. The van der Waals surface area contributed by atoms with E-state index < -0.39 is 5.60 Å². The van der Waals surface area contributed by atoms with Gasteiger partial charge in [0.1, 0.15) is 5.60 Å². The van der Waals surface area contributed by atoms with E-state index in [0.29, 0.717) is 6.54 Å². The van der Waals surface area contributed by atoms with E-state index >= 15 is 0 Å². The van der Waals surface area contributed by atoms with E-state index in [4.69, 9.17) is 4.74 Å². The van der Waals surface area contributed by atoms with Crippen molar-refractivity contribution in [2.45, 2.75) is 39.7 Å². The van der Waals surface area contributed by atoms with E-state index in [0.717, 1.165) is 22.1 Å². The van der Waals surface area contributed by atoms with Crippen LogP contribution in [0.1, 0.15) is 31.9 Å². The predicted molar refractivity (Wildman–Crippen MR) is 76.2 cm³/mol. The van der Waals surface area contributed by atoms with Crippen LogP contribution in [-0.2, 0) is 11.2 Å². The maximum atomic E-state index is 12.2. The van der Waals surface area contributed by atoms with Gasteiger partial charge in [-0.2, -0.15) is 0 Å². The summed E-state index contributed by atoms with van der Waals surface area (Å²) in [4.78, 5) is 13.9. The van der Waals surface area contributed by atoms with Crippen LogP contribution in [0.3, 0.4) is 0 Å². The summed E-state index contributed by atoms with van der Waals surface area (Å²) < 4.78 is 6.43. The standard InChI is InChI=1S/C14H18BrNO2/c1-9-5-6-10-7-8-16(12(10)11(9)15)13(17)18-14(2,3)4/h5-6H,7-8H2,1-4H3. The molecule has 0 fully saturated rings. The average Bonchev–Trinajstić information content (AvgIpc) is 2.65. The topological polar surface area (TPSA) is 29.5 Å². The van der Waals surface area contributed by atoms with Crippen LogP contribution in [0, 0.1) is 6.92 Å². The van der Waals surface area contributed by atoms with Gasteiger partial charge in [-0.1, -0.05) is 12.1 Å². The maximum absolute atomic E-state index is 12.2. The van der Waals surface area contributed by atoms with Gasteiger partial charge in [0.15, 0.2) is 0 Å². The Morgan fingerprint density at radius 3 is 2.67 bits per heavy atom. The molecule has 0 N–H and O–H groups in total. The first kappa shape index (κ1) is 13.4. The van der Waals surface area contributed by atoms with Gasteiger partial charge in [0, 0.05) is 11.0 Å². The number of anilines is 1. The van der Waals surface area contributed by atoms with E-state index in [2.05, 4.69) is 28.1 Å². The largest absolute Gasteiger partial charge is 0.443 e. The molecular weight excluding hydrogens is 294 g/mol. The molecule has 1 aromatic rings. The number of amides is 1. The number of ether oxygens (including phenoxy) is 1. The molecule has 18 heavy (non-hydrogen) atoms. The van der Waals surface area contributed by atoms with E-state index in [-0.39, 0.29) is 6.09 Å². The monoisotopic (exact) mass is 311 g/mol. The summed E-state index contributed by atoms with van der Waals surface area (Å²) in [6.45, 7) is 8.36. The van der Waals surface area contributed by atoms with Crippen molar-refractivity contribution in [1.29, 1.82) is 0 Å². The molecule has 0 unspecified atom stereocenters. The van der Waals surface area contributed by atoms with Gasteiger partial charge in [0.2, 0.25) is 0 Å². The number of carbonyl (C=O) groups excluding carboxylic acids is 1. The van der Waals surface area contributed by atoms with Gasteiger partial charge in [0.05, 0.1) is 5.69 Å². The van der Waals surface area contributed by atoms with E-state index in [9.17, 15) is 4.79 Å². The minimum Gasteiger partial charge on any atom is -0.443 e. The molecule has 0 aliphatic carbocycles. The Morgan fingerprint density at radius 1 is 1.39 bits per heavy atom. The molecule has 98 valence electrons. The molecule has 0 spiro atoms. The highest BCUT2D eigenvalue weighted by atomic mass is 79.9. The van der Waals surface area contributed by atoms with Crippen LogP contribution in [0.2, 0.25) is 0 Å². The quantitative estimate of drug-likeness (QED) is 0.723. The van der Waals surface area contributed by atoms with Crippen molar-refractivity contribution in [2.75, 3.05) is 11.4 Å². The first-order chi connectivity index (χ1) is 8.29. The number of halogens is 1. The van der Waals surface area contributed by atoms with E-state index in [1.807, 2.05) is 27.7 Å². The van der Waals surface area contributed by atoms with Crippen molar-refractivity contribution in [2.24, 2.45) is 0 Å². The van der Waals surface area contributed by atoms with Crippen molar-refractivity contribution >= 4 is 27.7 Å². The Bertz CT molecular complexity index is 491. The summed E-state index contributed by atoms with van der Waals surface area (Å²) in [6.07, 6.45) is 0.612. The minimum atomic E-state index is -0.462. The van der Waals surface area contributed by atoms with Crippen LogP contribution in [0.4, 0.5) is 10.5 Å². The number of nitrogens with zero attached hydrogens (tertiary/aromatic N) is 1. The zero-order chi connectivity index (χ0) is 13.5. The lowest BCUT2D eigenvalue weighted by Crippen LogP contribution is -2.35. The smallest absolute Gasteiger partial charge is 0.414 e. The third-order valence-corrected chi connectivity index (χ3v) is 3.88. The van der Waals surface area contributed by atoms with Crippen molar-refractivity contribution in [3.8, 4) is 0 Å². The zero-order valence-corrected chi connectivity index (χ0v) is 12.8. The van der Waals surface area contributed by atoms with Gasteiger partial charge in [-0.3, -0.25) is 4.90 Å². The molecule has 1 aliphatic rings. The zero-order valence-electron chi connectivity index (χ0n) is 11.2. The van der Waals surface area contributed by atoms with Gasteiger partial charge < -0.3 is 4.74 Å². The van der Waals surface area contributed by atoms with Crippen LogP contribution < -0.4 is 4.90 Å². The lowest BCUT2D eigenvalue weighted by molar-refractivity contribution is 0.0584. The van der Waals surface area contributed by atoms with Gasteiger partial charge in [-0.15, -0.1) is 0 Å². The fourth-order valence-electron chi connectivity index (χ4n) is 2.04. The summed E-state index contributed by atoms with van der Waals surface area (Å²) in [6, 6.07) is 4.15. The normalized spacial score (nSPS) is 14.6. The number of hydrogen-bond donors (Lipinski definition) is 0.